The number of hydrogen-bond donors (Lipinski definition) is 2. The van der Waals surface area contributed by atoms with Crippen LogP contribution in [0.25, 0.3) is 21.0 Å². The molecule has 0 saturated carbocycles. The average Bonchev–Trinajstić information content (AvgIpc) is 3.25. The molecule has 1 unspecified atom stereocenters. The minimum Gasteiger partial charge on any atom is -0.316 e. The van der Waals surface area contributed by atoms with Gasteiger partial charge in [0.15, 0.2) is 5.13 Å². The van der Waals surface area contributed by atoms with E-state index in [-0.39, 0.29) is 5.82 Å². The second-order valence-corrected chi connectivity index (χ2v) is 8.21. The molecule has 4 rings (SSSR count). The summed E-state index contributed by atoms with van der Waals surface area (Å²) in [6.07, 6.45) is 1.97. The van der Waals surface area contributed by atoms with E-state index in [1.165, 1.54) is 48.7 Å². The Hall–Kier alpha value is -1.70. The molecule has 0 spiro atoms. The molecule has 1 saturated heterocycles. The van der Waals surface area contributed by atoms with Crippen molar-refractivity contribution in [3.63, 3.8) is 0 Å². The summed E-state index contributed by atoms with van der Waals surface area (Å²) in [5.41, 5.74) is 0.804. The van der Waals surface area contributed by atoms with Gasteiger partial charge < -0.3 is 10.6 Å². The van der Waals surface area contributed by atoms with Gasteiger partial charge in [0.2, 0.25) is 6.41 Å². The Labute approximate surface area is 154 Å². The number of anilines is 1. The largest absolute Gasteiger partial charge is 0.316 e. The van der Waals surface area contributed by atoms with E-state index in [0.29, 0.717) is 11.5 Å². The molecule has 2 aromatic carbocycles. The van der Waals surface area contributed by atoms with Gasteiger partial charge in [-0.15, -0.1) is 0 Å². The highest BCUT2D eigenvalue weighted by atomic mass is 32.2. The molecule has 1 fully saturated rings. The number of carbonyl (C=O) groups is 1. The summed E-state index contributed by atoms with van der Waals surface area (Å²) in [4.78, 5) is 14.6. The maximum absolute atomic E-state index is 13.1. The third kappa shape index (κ3) is 4.48. The summed E-state index contributed by atoms with van der Waals surface area (Å²) in [6, 6.07) is 8.29. The summed E-state index contributed by atoms with van der Waals surface area (Å²) in [5.74, 6) is 1.01. The first-order chi connectivity index (χ1) is 12.2. The quantitative estimate of drug-likeness (QED) is 0.667. The molecule has 0 aliphatic carbocycles. The highest BCUT2D eigenvalue weighted by Crippen LogP contribution is 2.32. The first kappa shape index (κ1) is 18.1. The Morgan fingerprint density at radius 3 is 3.04 bits per heavy atom. The third-order valence-electron chi connectivity index (χ3n) is 3.93. The maximum atomic E-state index is 13.1. The van der Waals surface area contributed by atoms with Gasteiger partial charge in [0.1, 0.15) is 5.82 Å². The molecule has 1 amide bonds. The van der Waals surface area contributed by atoms with Crippen LogP contribution in [0.1, 0.15) is 13.3 Å². The van der Waals surface area contributed by atoms with Gasteiger partial charge in [0, 0.05) is 17.2 Å². The van der Waals surface area contributed by atoms with Crippen LogP contribution in [-0.4, -0.2) is 35.5 Å². The normalized spacial score (nSPS) is 16.6. The van der Waals surface area contributed by atoms with Gasteiger partial charge in [-0.25, -0.2) is 9.37 Å². The summed E-state index contributed by atoms with van der Waals surface area (Å²) in [5, 5.41) is 9.10. The minimum absolute atomic E-state index is 0.257. The fourth-order valence-electron chi connectivity index (χ4n) is 2.80. The number of hydrogen-bond acceptors (Lipinski definition) is 5. The third-order valence-corrected chi connectivity index (χ3v) is 6.18. The number of thioether (sulfide) groups is 1. The Morgan fingerprint density at radius 1 is 1.44 bits per heavy atom. The number of fused-ring (bicyclic) bond motifs is 3. The molecule has 0 bridgehead atoms. The predicted molar refractivity (Wildman–Crippen MR) is 106 cm³/mol. The van der Waals surface area contributed by atoms with Crippen LogP contribution in [0.5, 0.6) is 0 Å². The topological polar surface area (TPSA) is 54.0 Å². The molecule has 4 nitrogen and oxygen atoms in total. The molecule has 132 valence electrons. The van der Waals surface area contributed by atoms with E-state index >= 15 is 0 Å². The van der Waals surface area contributed by atoms with Crippen LogP contribution in [0, 0.1) is 5.82 Å². The number of aromatic nitrogens is 1. The van der Waals surface area contributed by atoms with Crippen molar-refractivity contribution < 1.29 is 9.18 Å². The van der Waals surface area contributed by atoms with Crippen molar-refractivity contribution in [3.8, 4) is 0 Å². The molecule has 1 aromatic heterocycles. The predicted octanol–water partition coefficient (Wildman–Crippen LogP) is 4.26. The SMILES string of the molecule is CCSC1CCNC1.O=CNc1nc2ccc3cc(F)ccc3c2s1. The highest BCUT2D eigenvalue weighted by Gasteiger charge is 2.12. The Bertz CT molecular complexity index is 862. The number of nitrogens with zero attached hydrogens (tertiary/aromatic N) is 1. The van der Waals surface area contributed by atoms with E-state index in [9.17, 15) is 9.18 Å². The van der Waals surface area contributed by atoms with Gasteiger partial charge >= 0.3 is 0 Å². The summed E-state index contributed by atoms with van der Waals surface area (Å²) in [7, 11) is 0. The molecule has 1 aliphatic rings. The zero-order chi connectivity index (χ0) is 17.6. The number of rotatable bonds is 4. The lowest BCUT2D eigenvalue weighted by Crippen LogP contribution is -2.10. The van der Waals surface area contributed by atoms with Crippen LogP contribution in [-0.2, 0) is 4.79 Å². The molecular formula is C18H20FN3OS2. The first-order valence-electron chi connectivity index (χ1n) is 8.22. The fraction of sp³-hybridized carbons (Fsp3) is 0.333. The Kier molecular flexibility index (Phi) is 6.23. The smallest absolute Gasteiger partial charge is 0.213 e. The second kappa shape index (κ2) is 8.60. The average molecular weight is 378 g/mol. The van der Waals surface area contributed by atoms with Crippen LogP contribution in [0.4, 0.5) is 9.52 Å². The zero-order valence-electron chi connectivity index (χ0n) is 13.9. The molecule has 7 heteroatoms. The molecular weight excluding hydrogens is 357 g/mol. The lowest BCUT2D eigenvalue weighted by atomic mass is 10.1. The molecule has 1 aliphatic heterocycles. The molecule has 1 atom stereocenters. The van der Waals surface area contributed by atoms with Crippen molar-refractivity contribution in [3.05, 3.63) is 36.1 Å². The van der Waals surface area contributed by atoms with E-state index in [1.807, 2.05) is 12.1 Å². The van der Waals surface area contributed by atoms with Gasteiger partial charge in [-0.2, -0.15) is 11.8 Å². The van der Waals surface area contributed by atoms with Crippen molar-refractivity contribution in [2.24, 2.45) is 0 Å². The highest BCUT2D eigenvalue weighted by molar-refractivity contribution is 7.99. The van der Waals surface area contributed by atoms with E-state index in [4.69, 9.17) is 0 Å². The van der Waals surface area contributed by atoms with Crippen molar-refractivity contribution in [1.29, 1.82) is 0 Å². The van der Waals surface area contributed by atoms with Crippen LogP contribution < -0.4 is 10.6 Å². The zero-order valence-corrected chi connectivity index (χ0v) is 15.6. The van der Waals surface area contributed by atoms with Crippen LogP contribution in [0.15, 0.2) is 30.3 Å². The van der Waals surface area contributed by atoms with E-state index in [2.05, 4.69) is 34.3 Å². The van der Waals surface area contributed by atoms with Crippen LogP contribution in [0.3, 0.4) is 0 Å². The second-order valence-electron chi connectivity index (χ2n) is 5.63. The number of halogens is 1. The standard InChI is InChI=1S/C12H7FN2OS.C6H13NS/c13-8-2-3-9-7(5-8)1-4-10-11(9)17-12(15-10)14-6-16;1-2-8-6-3-4-7-5-6/h1-6H,(H,14,15,16);6-7H,2-5H2,1H3. The van der Waals surface area contributed by atoms with Gasteiger partial charge in [0.25, 0.3) is 0 Å². The molecule has 25 heavy (non-hydrogen) atoms. The number of carbonyl (C=O) groups excluding carboxylic acids is 1. The van der Waals surface area contributed by atoms with E-state index in [0.717, 1.165) is 26.2 Å². The van der Waals surface area contributed by atoms with Crippen LogP contribution >= 0.6 is 23.1 Å². The lowest BCUT2D eigenvalue weighted by molar-refractivity contribution is -0.105. The van der Waals surface area contributed by atoms with E-state index < -0.39 is 0 Å². The van der Waals surface area contributed by atoms with E-state index in [1.54, 1.807) is 6.07 Å². The Balaban J connectivity index is 0.000000192. The lowest BCUT2D eigenvalue weighted by Gasteiger charge is -2.02. The molecule has 2 heterocycles. The summed E-state index contributed by atoms with van der Waals surface area (Å²) < 4.78 is 14.0. The van der Waals surface area contributed by atoms with Crippen molar-refractivity contribution >= 4 is 55.6 Å². The first-order valence-corrected chi connectivity index (χ1v) is 10.1. The van der Waals surface area contributed by atoms with Gasteiger partial charge in [-0.05, 0) is 48.4 Å². The van der Waals surface area contributed by atoms with Gasteiger partial charge in [-0.1, -0.05) is 24.3 Å². The van der Waals surface area contributed by atoms with Gasteiger partial charge in [0.05, 0.1) is 10.2 Å². The fourth-order valence-corrected chi connectivity index (χ4v) is 4.75. The summed E-state index contributed by atoms with van der Waals surface area (Å²) >= 11 is 3.46. The summed E-state index contributed by atoms with van der Waals surface area (Å²) in [6.45, 7) is 4.69. The van der Waals surface area contributed by atoms with Crippen molar-refractivity contribution in [2.75, 3.05) is 24.2 Å². The molecule has 2 N–H and O–H groups in total. The molecule has 3 aromatic rings. The van der Waals surface area contributed by atoms with Crippen molar-refractivity contribution in [1.82, 2.24) is 10.3 Å². The Morgan fingerprint density at radius 2 is 2.32 bits per heavy atom. The number of nitrogens with one attached hydrogen (secondary N) is 2. The maximum Gasteiger partial charge on any atom is 0.213 e. The van der Waals surface area contributed by atoms with Gasteiger partial charge in [-0.3, -0.25) is 4.79 Å². The minimum atomic E-state index is -0.257. The molecule has 0 radical (unpaired) electrons. The number of benzene rings is 2. The van der Waals surface area contributed by atoms with Crippen LogP contribution in [0.2, 0.25) is 0 Å². The van der Waals surface area contributed by atoms with Crippen molar-refractivity contribution in [2.45, 2.75) is 18.6 Å². The monoisotopic (exact) mass is 377 g/mol. The number of thiazole rings is 1. The number of amides is 1.